The van der Waals surface area contributed by atoms with Crippen LogP contribution in [-0.4, -0.2) is 12.2 Å². The smallest absolute Gasteiger partial charge is 0.316 e. The lowest BCUT2D eigenvalue weighted by Crippen LogP contribution is -2.08. The highest BCUT2D eigenvalue weighted by Gasteiger charge is 2.03. The monoisotopic (exact) mass is 337 g/mol. The average molecular weight is 338 g/mol. The Kier molecular flexibility index (Phi) is 6.25. The highest BCUT2D eigenvalue weighted by atomic mass is 35.5. The van der Waals surface area contributed by atoms with E-state index in [1.165, 1.54) is 6.21 Å². The van der Waals surface area contributed by atoms with Gasteiger partial charge < -0.3 is 9.57 Å². The van der Waals surface area contributed by atoms with Crippen LogP contribution in [0.2, 0.25) is 10.0 Å². The predicted molar refractivity (Wildman–Crippen MR) is 86.4 cm³/mol. The maximum atomic E-state index is 11.5. The maximum absolute atomic E-state index is 11.5. The van der Waals surface area contributed by atoms with Crippen molar-refractivity contribution in [1.82, 2.24) is 0 Å². The van der Waals surface area contributed by atoms with Crippen molar-refractivity contribution in [2.75, 3.05) is 0 Å². The lowest BCUT2D eigenvalue weighted by atomic mass is 10.2. The van der Waals surface area contributed by atoms with Crippen molar-refractivity contribution in [3.05, 3.63) is 64.1 Å². The molecule has 22 heavy (non-hydrogen) atoms. The highest BCUT2D eigenvalue weighted by Crippen LogP contribution is 2.21. The van der Waals surface area contributed by atoms with E-state index in [0.717, 1.165) is 5.56 Å². The zero-order valence-electron chi connectivity index (χ0n) is 11.5. The van der Waals surface area contributed by atoms with Gasteiger partial charge in [-0.25, -0.2) is 0 Å². The van der Waals surface area contributed by atoms with Crippen molar-refractivity contribution in [2.24, 2.45) is 5.16 Å². The van der Waals surface area contributed by atoms with Crippen molar-refractivity contribution in [1.29, 1.82) is 0 Å². The molecule has 0 unspecified atom stereocenters. The zero-order chi connectivity index (χ0) is 15.8. The number of carbonyl (C=O) groups is 1. The average Bonchev–Trinajstić information content (AvgIpc) is 2.50. The molecule has 0 aliphatic heterocycles. The maximum Gasteiger partial charge on any atom is 0.316 e. The first kappa shape index (κ1) is 16.3. The summed E-state index contributed by atoms with van der Waals surface area (Å²) in [6.07, 6.45) is 1.36. The lowest BCUT2D eigenvalue weighted by molar-refractivity contribution is -0.132. The minimum absolute atomic E-state index is 0.0171. The number of carbonyl (C=O) groups excluding carboxylic acids is 1. The van der Waals surface area contributed by atoms with E-state index in [2.05, 4.69) is 5.16 Å². The molecule has 0 spiro atoms. The van der Waals surface area contributed by atoms with Crippen molar-refractivity contribution in [2.45, 2.75) is 13.0 Å². The second-order valence-corrected chi connectivity index (χ2v) is 5.13. The predicted octanol–water partition coefficient (Wildman–Crippen LogP) is 4.49. The summed E-state index contributed by atoms with van der Waals surface area (Å²) in [7, 11) is 0. The molecular formula is C16H13Cl2NO3. The van der Waals surface area contributed by atoms with E-state index in [1.807, 2.05) is 6.07 Å². The largest absolute Gasteiger partial charge is 0.426 e. The molecule has 0 saturated heterocycles. The second kappa shape index (κ2) is 8.41. The van der Waals surface area contributed by atoms with Crippen LogP contribution in [0.4, 0.5) is 0 Å². The Labute approximate surface area is 138 Å². The van der Waals surface area contributed by atoms with Gasteiger partial charge in [-0.2, -0.15) is 0 Å². The molecule has 2 rings (SSSR count). The van der Waals surface area contributed by atoms with Crippen molar-refractivity contribution >= 4 is 35.4 Å². The van der Waals surface area contributed by atoms with Gasteiger partial charge in [-0.3, -0.25) is 4.79 Å². The molecule has 0 amide bonds. The third-order valence-corrected chi connectivity index (χ3v) is 3.20. The van der Waals surface area contributed by atoms with Gasteiger partial charge in [0.05, 0.1) is 12.6 Å². The molecule has 0 aromatic heterocycles. The number of hydrogen-bond donors (Lipinski definition) is 0. The lowest BCUT2D eigenvalue weighted by Gasteiger charge is -2.03. The Morgan fingerprint density at radius 2 is 1.91 bits per heavy atom. The summed E-state index contributed by atoms with van der Waals surface area (Å²) in [5, 5.41) is 4.76. The molecule has 0 atom stereocenters. The van der Waals surface area contributed by atoms with Gasteiger partial charge in [0.1, 0.15) is 12.4 Å². The van der Waals surface area contributed by atoms with Gasteiger partial charge >= 0.3 is 5.97 Å². The van der Waals surface area contributed by atoms with Crippen LogP contribution in [0.25, 0.3) is 0 Å². The van der Waals surface area contributed by atoms with Crippen LogP contribution in [-0.2, 0) is 16.2 Å². The van der Waals surface area contributed by atoms with Crippen molar-refractivity contribution in [3.8, 4) is 5.75 Å². The SMILES string of the molecule is O=C(CC=NOCc1ccc(Cl)cc1Cl)Oc1ccccc1. The number of rotatable bonds is 6. The van der Waals surface area contributed by atoms with Crippen LogP contribution < -0.4 is 4.74 Å². The van der Waals surface area contributed by atoms with Gasteiger partial charge in [0.15, 0.2) is 0 Å². The fourth-order valence-corrected chi connectivity index (χ4v) is 2.03. The quantitative estimate of drug-likeness (QED) is 0.337. The number of nitrogens with zero attached hydrogens (tertiary/aromatic N) is 1. The van der Waals surface area contributed by atoms with Crippen LogP contribution in [0.5, 0.6) is 5.75 Å². The van der Waals surface area contributed by atoms with Gasteiger partial charge in [0, 0.05) is 15.6 Å². The molecule has 2 aromatic carbocycles. The van der Waals surface area contributed by atoms with E-state index in [0.29, 0.717) is 15.8 Å². The molecule has 2 aromatic rings. The first-order valence-electron chi connectivity index (χ1n) is 6.48. The van der Waals surface area contributed by atoms with E-state index in [-0.39, 0.29) is 13.0 Å². The van der Waals surface area contributed by atoms with E-state index in [4.69, 9.17) is 32.8 Å². The Morgan fingerprint density at radius 3 is 2.64 bits per heavy atom. The molecule has 6 heteroatoms. The number of ether oxygens (including phenoxy) is 1. The Balaban J connectivity index is 1.73. The molecule has 0 N–H and O–H groups in total. The summed E-state index contributed by atoms with van der Waals surface area (Å²) < 4.78 is 5.09. The fourth-order valence-electron chi connectivity index (χ4n) is 1.57. The third-order valence-electron chi connectivity index (χ3n) is 2.62. The Morgan fingerprint density at radius 1 is 1.14 bits per heavy atom. The molecule has 0 fully saturated rings. The molecule has 0 heterocycles. The van der Waals surface area contributed by atoms with Gasteiger partial charge in [-0.15, -0.1) is 0 Å². The summed E-state index contributed by atoms with van der Waals surface area (Å²) in [5.41, 5.74) is 0.759. The summed E-state index contributed by atoms with van der Waals surface area (Å²) in [6, 6.07) is 13.9. The van der Waals surface area contributed by atoms with E-state index in [1.54, 1.807) is 42.5 Å². The van der Waals surface area contributed by atoms with Gasteiger partial charge in [-0.05, 0) is 24.3 Å². The molecule has 4 nitrogen and oxygen atoms in total. The minimum Gasteiger partial charge on any atom is -0.426 e. The number of halogens is 2. The first-order chi connectivity index (χ1) is 10.6. The first-order valence-corrected chi connectivity index (χ1v) is 7.24. The van der Waals surface area contributed by atoms with Crippen LogP contribution in [0.15, 0.2) is 53.7 Å². The summed E-state index contributed by atoms with van der Waals surface area (Å²) in [5.74, 6) is 0.0813. The van der Waals surface area contributed by atoms with Crippen molar-refractivity contribution in [3.63, 3.8) is 0 Å². The Bertz CT molecular complexity index is 660. The molecule has 0 aliphatic rings. The Hall–Kier alpha value is -2.04. The highest BCUT2D eigenvalue weighted by molar-refractivity contribution is 6.35. The zero-order valence-corrected chi connectivity index (χ0v) is 13.1. The van der Waals surface area contributed by atoms with E-state index < -0.39 is 5.97 Å². The summed E-state index contributed by atoms with van der Waals surface area (Å²) in [4.78, 5) is 16.6. The second-order valence-electron chi connectivity index (χ2n) is 4.29. The van der Waals surface area contributed by atoms with Crippen LogP contribution in [0.3, 0.4) is 0 Å². The van der Waals surface area contributed by atoms with Crippen LogP contribution in [0, 0.1) is 0 Å². The molecule has 0 aliphatic carbocycles. The van der Waals surface area contributed by atoms with Crippen LogP contribution in [0.1, 0.15) is 12.0 Å². The van der Waals surface area contributed by atoms with Crippen LogP contribution >= 0.6 is 23.2 Å². The number of para-hydroxylation sites is 1. The van der Waals surface area contributed by atoms with Gasteiger partial charge in [0.2, 0.25) is 0 Å². The van der Waals surface area contributed by atoms with Crippen molar-refractivity contribution < 1.29 is 14.4 Å². The summed E-state index contributed by atoms with van der Waals surface area (Å²) in [6.45, 7) is 0.195. The number of esters is 1. The topological polar surface area (TPSA) is 47.9 Å². The molecule has 0 bridgehead atoms. The molecule has 0 radical (unpaired) electrons. The fraction of sp³-hybridized carbons (Fsp3) is 0.125. The van der Waals surface area contributed by atoms with E-state index >= 15 is 0 Å². The standard InChI is InChI=1S/C16H13Cl2NO3/c17-13-7-6-12(15(18)10-13)11-21-19-9-8-16(20)22-14-4-2-1-3-5-14/h1-7,9-10H,8,11H2. The van der Waals surface area contributed by atoms with E-state index in [9.17, 15) is 4.79 Å². The third kappa shape index (κ3) is 5.39. The summed E-state index contributed by atoms with van der Waals surface area (Å²) >= 11 is 11.8. The van der Waals surface area contributed by atoms with Gasteiger partial charge in [-0.1, -0.05) is 52.6 Å². The molecule has 114 valence electrons. The normalized spacial score (nSPS) is 10.6. The molecule has 0 saturated carbocycles. The number of benzene rings is 2. The number of hydrogen-bond acceptors (Lipinski definition) is 4. The minimum atomic E-state index is -0.414. The number of oxime groups is 1. The molecular weight excluding hydrogens is 325 g/mol. The van der Waals surface area contributed by atoms with Gasteiger partial charge in [0.25, 0.3) is 0 Å².